The van der Waals surface area contributed by atoms with Crippen LogP contribution in [0.2, 0.25) is 0 Å². The summed E-state index contributed by atoms with van der Waals surface area (Å²) in [5, 5.41) is 8.80. The highest BCUT2D eigenvalue weighted by atomic mass is 15.2. The fraction of sp³-hybridized carbons (Fsp3) is 0.917. The zero-order valence-electron chi connectivity index (χ0n) is 10.9. The molecule has 2 N–H and O–H groups in total. The smallest absolute Gasteiger partial charge is 0.0666 e. The molecule has 0 spiro atoms. The molecule has 0 bridgehead atoms. The predicted molar refractivity (Wildman–Crippen MR) is 64.3 cm³/mol. The van der Waals surface area contributed by atoms with Crippen molar-refractivity contribution in [3.63, 3.8) is 0 Å². The molecule has 0 saturated heterocycles. The van der Waals surface area contributed by atoms with Gasteiger partial charge in [0.15, 0.2) is 0 Å². The summed E-state index contributed by atoms with van der Waals surface area (Å²) in [6.07, 6.45) is 0. The van der Waals surface area contributed by atoms with Crippen LogP contribution in [0.25, 0.3) is 0 Å². The van der Waals surface area contributed by atoms with Gasteiger partial charge in [-0.1, -0.05) is 20.8 Å². The summed E-state index contributed by atoms with van der Waals surface area (Å²) in [6.45, 7) is 11.3. The van der Waals surface area contributed by atoms with E-state index in [1.165, 1.54) is 0 Å². The second kappa shape index (κ2) is 5.48. The maximum atomic E-state index is 8.80. The van der Waals surface area contributed by atoms with Crippen molar-refractivity contribution in [3.05, 3.63) is 0 Å². The maximum Gasteiger partial charge on any atom is 0.0666 e. The lowest BCUT2D eigenvalue weighted by molar-refractivity contribution is 0.0998. The minimum absolute atomic E-state index is 0.0543. The molecule has 3 unspecified atom stereocenters. The third-order valence-corrected chi connectivity index (χ3v) is 2.64. The van der Waals surface area contributed by atoms with Gasteiger partial charge in [-0.2, -0.15) is 5.26 Å². The van der Waals surface area contributed by atoms with Gasteiger partial charge in [0.2, 0.25) is 0 Å². The Morgan fingerprint density at radius 1 is 1.33 bits per heavy atom. The molecule has 0 saturated carbocycles. The van der Waals surface area contributed by atoms with E-state index in [4.69, 9.17) is 11.0 Å². The van der Waals surface area contributed by atoms with Gasteiger partial charge < -0.3 is 10.6 Å². The predicted octanol–water partition coefficient (Wildman–Crippen LogP) is 1.84. The monoisotopic (exact) mass is 211 g/mol. The van der Waals surface area contributed by atoms with E-state index in [0.717, 1.165) is 6.54 Å². The van der Waals surface area contributed by atoms with Crippen molar-refractivity contribution in [2.45, 2.75) is 46.7 Å². The van der Waals surface area contributed by atoms with Crippen molar-refractivity contribution in [1.82, 2.24) is 4.90 Å². The van der Waals surface area contributed by atoms with Crippen molar-refractivity contribution >= 4 is 0 Å². The zero-order valence-corrected chi connectivity index (χ0v) is 10.9. The van der Waals surface area contributed by atoms with Crippen molar-refractivity contribution in [1.29, 1.82) is 5.26 Å². The van der Waals surface area contributed by atoms with Crippen LogP contribution in [0.4, 0.5) is 0 Å². The topological polar surface area (TPSA) is 53.0 Å². The number of nitrogens with two attached hydrogens (primary N) is 1. The first kappa shape index (κ1) is 14.4. The van der Waals surface area contributed by atoms with Crippen LogP contribution >= 0.6 is 0 Å². The van der Waals surface area contributed by atoms with Crippen LogP contribution in [0.3, 0.4) is 0 Å². The largest absolute Gasteiger partial charge is 0.327 e. The van der Waals surface area contributed by atoms with E-state index in [9.17, 15) is 0 Å². The molecule has 3 nitrogen and oxygen atoms in total. The molecule has 0 radical (unpaired) electrons. The average Bonchev–Trinajstić information content (AvgIpc) is 1.99. The molecule has 0 aromatic carbocycles. The van der Waals surface area contributed by atoms with Crippen molar-refractivity contribution in [2.75, 3.05) is 13.6 Å². The second-order valence-corrected chi connectivity index (χ2v) is 5.64. The Morgan fingerprint density at radius 3 is 2.07 bits per heavy atom. The Bertz CT molecular complexity index is 222. The normalized spacial score (nSPS) is 18.3. The van der Waals surface area contributed by atoms with Crippen molar-refractivity contribution in [3.8, 4) is 6.07 Å². The molecule has 0 aromatic heterocycles. The Kier molecular flexibility index (Phi) is 5.27. The number of nitriles is 1. The second-order valence-electron chi connectivity index (χ2n) is 5.64. The van der Waals surface area contributed by atoms with Gasteiger partial charge in [-0.3, -0.25) is 0 Å². The fourth-order valence-corrected chi connectivity index (χ4v) is 2.44. The number of nitrogens with zero attached hydrogens (tertiary/aromatic N) is 2. The quantitative estimate of drug-likeness (QED) is 0.772. The van der Waals surface area contributed by atoms with Crippen LogP contribution in [-0.4, -0.2) is 30.6 Å². The van der Waals surface area contributed by atoms with Crippen LogP contribution in [0.5, 0.6) is 0 Å². The molecule has 0 heterocycles. The molecular weight excluding hydrogens is 186 g/mol. The zero-order chi connectivity index (χ0) is 12.2. The molecule has 0 aliphatic heterocycles. The highest BCUT2D eigenvalue weighted by Crippen LogP contribution is 2.26. The standard InChI is InChI=1S/C12H25N3/c1-9(7-13)8-15(6)11(10(2)14)12(3,4)5/h9-11H,8,14H2,1-6H3. The van der Waals surface area contributed by atoms with Crippen LogP contribution in [0, 0.1) is 22.7 Å². The van der Waals surface area contributed by atoms with Gasteiger partial charge >= 0.3 is 0 Å². The Labute approximate surface area is 94.2 Å². The molecule has 0 rings (SSSR count). The molecule has 3 atom stereocenters. The minimum Gasteiger partial charge on any atom is -0.327 e. The van der Waals surface area contributed by atoms with E-state index in [0.29, 0.717) is 6.04 Å². The molecule has 0 aliphatic rings. The van der Waals surface area contributed by atoms with Crippen molar-refractivity contribution in [2.24, 2.45) is 17.1 Å². The van der Waals surface area contributed by atoms with Gasteiger partial charge in [0.1, 0.15) is 0 Å². The molecule has 88 valence electrons. The lowest BCUT2D eigenvalue weighted by Crippen LogP contribution is -2.53. The first-order valence-electron chi connectivity index (χ1n) is 5.55. The molecule has 0 fully saturated rings. The fourth-order valence-electron chi connectivity index (χ4n) is 2.44. The lowest BCUT2D eigenvalue weighted by Gasteiger charge is -2.41. The molecule has 0 aliphatic carbocycles. The van der Waals surface area contributed by atoms with Crippen LogP contribution in [0.15, 0.2) is 0 Å². The minimum atomic E-state index is 0.0543. The highest BCUT2D eigenvalue weighted by Gasteiger charge is 2.31. The summed E-state index contributed by atoms with van der Waals surface area (Å²) >= 11 is 0. The Balaban J connectivity index is 4.59. The summed E-state index contributed by atoms with van der Waals surface area (Å²) in [7, 11) is 2.05. The van der Waals surface area contributed by atoms with E-state index in [-0.39, 0.29) is 17.4 Å². The van der Waals surface area contributed by atoms with E-state index in [1.807, 2.05) is 20.9 Å². The van der Waals surface area contributed by atoms with E-state index >= 15 is 0 Å². The molecule has 0 aromatic rings. The Hall–Kier alpha value is -0.590. The molecular formula is C12H25N3. The first-order chi connectivity index (χ1) is 6.70. The number of likely N-dealkylation sites (N-methyl/N-ethyl adjacent to an activating group) is 1. The first-order valence-corrected chi connectivity index (χ1v) is 5.55. The van der Waals surface area contributed by atoms with Crippen LogP contribution in [-0.2, 0) is 0 Å². The molecule has 3 heteroatoms. The van der Waals surface area contributed by atoms with E-state index in [2.05, 4.69) is 31.7 Å². The van der Waals surface area contributed by atoms with Crippen LogP contribution < -0.4 is 5.73 Å². The summed E-state index contributed by atoms with van der Waals surface area (Å²) in [5.41, 5.74) is 6.15. The summed E-state index contributed by atoms with van der Waals surface area (Å²) in [5.74, 6) is 0.0543. The van der Waals surface area contributed by atoms with Crippen LogP contribution in [0.1, 0.15) is 34.6 Å². The summed E-state index contributed by atoms with van der Waals surface area (Å²) in [6, 6.07) is 2.67. The average molecular weight is 211 g/mol. The van der Waals surface area contributed by atoms with Gasteiger partial charge in [0, 0.05) is 18.6 Å². The highest BCUT2D eigenvalue weighted by molar-refractivity contribution is 4.90. The SMILES string of the molecule is CC(C#N)CN(C)C(C(C)N)C(C)(C)C. The third kappa shape index (κ3) is 4.63. The third-order valence-electron chi connectivity index (χ3n) is 2.64. The van der Waals surface area contributed by atoms with Gasteiger partial charge in [0.05, 0.1) is 12.0 Å². The number of rotatable bonds is 4. The van der Waals surface area contributed by atoms with Gasteiger partial charge in [-0.05, 0) is 26.3 Å². The lowest BCUT2D eigenvalue weighted by atomic mass is 9.82. The van der Waals surface area contributed by atoms with E-state index < -0.39 is 0 Å². The summed E-state index contributed by atoms with van der Waals surface area (Å²) < 4.78 is 0. The van der Waals surface area contributed by atoms with Gasteiger partial charge in [-0.15, -0.1) is 0 Å². The number of hydrogen-bond donors (Lipinski definition) is 1. The maximum absolute atomic E-state index is 8.80. The molecule has 15 heavy (non-hydrogen) atoms. The summed E-state index contributed by atoms with van der Waals surface area (Å²) in [4.78, 5) is 2.21. The van der Waals surface area contributed by atoms with E-state index in [1.54, 1.807) is 0 Å². The molecule has 0 amide bonds. The van der Waals surface area contributed by atoms with Crippen molar-refractivity contribution < 1.29 is 0 Å². The van der Waals surface area contributed by atoms with Gasteiger partial charge in [0.25, 0.3) is 0 Å². The number of hydrogen-bond acceptors (Lipinski definition) is 3. The Morgan fingerprint density at radius 2 is 1.80 bits per heavy atom. The van der Waals surface area contributed by atoms with Gasteiger partial charge in [-0.25, -0.2) is 0 Å².